The van der Waals surface area contributed by atoms with Gasteiger partial charge in [-0.05, 0) is 57.5 Å². The van der Waals surface area contributed by atoms with Crippen molar-refractivity contribution in [3.05, 3.63) is 17.0 Å². The van der Waals surface area contributed by atoms with Gasteiger partial charge in [-0.15, -0.1) is 0 Å². The van der Waals surface area contributed by atoms with Crippen molar-refractivity contribution in [2.45, 2.75) is 77.0 Å². The van der Waals surface area contributed by atoms with Crippen molar-refractivity contribution in [1.82, 2.24) is 19.6 Å². The molecule has 0 radical (unpaired) electrons. The van der Waals surface area contributed by atoms with E-state index in [0.717, 1.165) is 63.5 Å². The molecule has 1 aromatic rings. The van der Waals surface area contributed by atoms with Gasteiger partial charge in [0, 0.05) is 56.2 Å². The summed E-state index contributed by atoms with van der Waals surface area (Å²) >= 11 is 0. The van der Waals surface area contributed by atoms with Crippen molar-refractivity contribution in [2.75, 3.05) is 32.8 Å². The number of fused-ring (bicyclic) bond motifs is 1. The van der Waals surface area contributed by atoms with Gasteiger partial charge in [0.15, 0.2) is 0 Å². The Morgan fingerprint density at radius 2 is 1.86 bits per heavy atom. The van der Waals surface area contributed by atoms with Gasteiger partial charge in [-0.2, -0.15) is 5.10 Å². The molecule has 0 unspecified atom stereocenters. The number of rotatable bonds is 6. The maximum Gasteiger partial charge on any atom is 0.222 e. The molecular weight excluding hydrogens is 352 g/mol. The van der Waals surface area contributed by atoms with E-state index in [1.54, 1.807) is 0 Å². The van der Waals surface area contributed by atoms with Crippen molar-refractivity contribution >= 4 is 5.91 Å². The van der Waals surface area contributed by atoms with Crippen LogP contribution in [0, 0.1) is 5.92 Å². The topological polar surface area (TPSA) is 50.6 Å². The van der Waals surface area contributed by atoms with Crippen LogP contribution >= 0.6 is 0 Å². The number of nitrogens with zero attached hydrogens (tertiary/aromatic N) is 4. The third-order valence-corrected chi connectivity index (χ3v) is 7.16. The lowest BCUT2D eigenvalue weighted by molar-refractivity contribution is -0.132. The van der Waals surface area contributed by atoms with E-state index in [4.69, 9.17) is 9.84 Å². The van der Waals surface area contributed by atoms with Gasteiger partial charge in [0.05, 0.1) is 18.9 Å². The van der Waals surface area contributed by atoms with Gasteiger partial charge in [-0.1, -0.05) is 0 Å². The zero-order chi connectivity index (χ0) is 18.9. The predicted octanol–water partition coefficient (Wildman–Crippen LogP) is 2.39. The molecule has 4 aliphatic rings. The number of likely N-dealkylation sites (tertiary alicyclic amines) is 2. The third-order valence-electron chi connectivity index (χ3n) is 7.16. The summed E-state index contributed by atoms with van der Waals surface area (Å²) in [5, 5.41) is 4.91. The van der Waals surface area contributed by atoms with E-state index in [2.05, 4.69) is 14.5 Å². The number of piperidine rings is 1. The van der Waals surface area contributed by atoms with Crippen molar-refractivity contribution in [2.24, 2.45) is 5.92 Å². The van der Waals surface area contributed by atoms with Crippen LogP contribution in [0.1, 0.15) is 61.9 Å². The molecular formula is C22H34N4O2. The summed E-state index contributed by atoms with van der Waals surface area (Å²) in [6.07, 6.45) is 9.97. The summed E-state index contributed by atoms with van der Waals surface area (Å²) in [7, 11) is 0. The predicted molar refractivity (Wildman–Crippen MR) is 107 cm³/mol. The molecule has 0 spiro atoms. The SMILES string of the molecule is O=C(CCc1nn(CC2CC2)c2c1COCC2)N1CCC(N2CCCC2)CC1. The first-order valence-electron chi connectivity index (χ1n) is 11.4. The minimum atomic E-state index is 0.307. The van der Waals surface area contributed by atoms with E-state index < -0.39 is 0 Å². The molecule has 154 valence electrons. The molecule has 2 saturated heterocycles. The van der Waals surface area contributed by atoms with Crippen LogP contribution in [0.3, 0.4) is 0 Å². The highest BCUT2D eigenvalue weighted by Crippen LogP contribution is 2.32. The summed E-state index contributed by atoms with van der Waals surface area (Å²) in [4.78, 5) is 17.5. The molecule has 5 rings (SSSR count). The fourth-order valence-electron chi connectivity index (χ4n) is 5.25. The van der Waals surface area contributed by atoms with E-state index in [1.807, 2.05) is 0 Å². The Balaban J connectivity index is 1.16. The fourth-order valence-corrected chi connectivity index (χ4v) is 5.25. The average molecular weight is 387 g/mol. The Hall–Kier alpha value is -1.40. The van der Waals surface area contributed by atoms with Crippen LogP contribution in [-0.2, 0) is 35.5 Å². The Morgan fingerprint density at radius 3 is 2.61 bits per heavy atom. The average Bonchev–Trinajstić information content (AvgIpc) is 3.25. The van der Waals surface area contributed by atoms with Crippen LogP contribution in [0.5, 0.6) is 0 Å². The zero-order valence-corrected chi connectivity index (χ0v) is 17.1. The van der Waals surface area contributed by atoms with Gasteiger partial charge >= 0.3 is 0 Å². The van der Waals surface area contributed by atoms with Crippen molar-refractivity contribution in [1.29, 1.82) is 0 Å². The molecule has 4 heterocycles. The summed E-state index contributed by atoms with van der Waals surface area (Å²) in [5.41, 5.74) is 3.75. The number of ether oxygens (including phenoxy) is 1. The maximum atomic E-state index is 12.8. The van der Waals surface area contributed by atoms with Gasteiger partial charge < -0.3 is 14.5 Å². The van der Waals surface area contributed by atoms with Crippen molar-refractivity contribution < 1.29 is 9.53 Å². The number of amides is 1. The highest BCUT2D eigenvalue weighted by Gasteiger charge is 2.30. The molecule has 28 heavy (non-hydrogen) atoms. The second-order valence-electron chi connectivity index (χ2n) is 9.16. The van der Waals surface area contributed by atoms with Gasteiger partial charge in [-0.25, -0.2) is 0 Å². The molecule has 3 aliphatic heterocycles. The molecule has 0 aromatic carbocycles. The number of aromatic nitrogens is 2. The maximum absolute atomic E-state index is 12.8. The van der Waals surface area contributed by atoms with Gasteiger partial charge in [0.1, 0.15) is 0 Å². The second-order valence-corrected chi connectivity index (χ2v) is 9.16. The van der Waals surface area contributed by atoms with Crippen LogP contribution in [0.15, 0.2) is 0 Å². The molecule has 0 bridgehead atoms. The highest BCUT2D eigenvalue weighted by molar-refractivity contribution is 5.76. The Kier molecular flexibility index (Phi) is 5.42. The highest BCUT2D eigenvalue weighted by atomic mass is 16.5. The van der Waals surface area contributed by atoms with Gasteiger partial charge in [0.25, 0.3) is 0 Å². The molecule has 6 heteroatoms. The van der Waals surface area contributed by atoms with E-state index in [-0.39, 0.29) is 0 Å². The molecule has 0 N–H and O–H groups in total. The Labute approximate surface area is 168 Å². The number of aryl methyl sites for hydroxylation is 1. The first-order chi connectivity index (χ1) is 13.8. The largest absolute Gasteiger partial charge is 0.376 e. The van der Waals surface area contributed by atoms with E-state index >= 15 is 0 Å². The van der Waals surface area contributed by atoms with Gasteiger partial charge in [-0.3, -0.25) is 9.48 Å². The first kappa shape index (κ1) is 18.6. The Bertz CT molecular complexity index is 698. The van der Waals surface area contributed by atoms with Crippen LogP contribution in [0.2, 0.25) is 0 Å². The summed E-state index contributed by atoms with van der Waals surface area (Å²) < 4.78 is 7.93. The molecule has 1 aliphatic carbocycles. The molecule has 1 aromatic heterocycles. The smallest absolute Gasteiger partial charge is 0.222 e. The van der Waals surface area contributed by atoms with Crippen molar-refractivity contribution in [3.63, 3.8) is 0 Å². The quantitative estimate of drug-likeness (QED) is 0.753. The number of hydrogen-bond donors (Lipinski definition) is 0. The lowest BCUT2D eigenvalue weighted by Gasteiger charge is -2.36. The van der Waals surface area contributed by atoms with E-state index in [0.29, 0.717) is 25.0 Å². The molecule has 1 saturated carbocycles. The fraction of sp³-hybridized carbons (Fsp3) is 0.818. The van der Waals surface area contributed by atoms with Gasteiger partial charge in [0.2, 0.25) is 5.91 Å². The summed E-state index contributed by atoms with van der Waals surface area (Å²) in [6, 6.07) is 0.703. The van der Waals surface area contributed by atoms with E-state index in [9.17, 15) is 4.79 Å². The van der Waals surface area contributed by atoms with E-state index in [1.165, 1.54) is 50.0 Å². The molecule has 3 fully saturated rings. The number of carbonyl (C=O) groups excluding carboxylic acids is 1. The minimum absolute atomic E-state index is 0.307. The second kappa shape index (κ2) is 8.15. The van der Waals surface area contributed by atoms with Crippen LogP contribution in [-0.4, -0.2) is 64.3 Å². The standard InChI is InChI=1S/C22H34N4O2/c27-22(25-12-7-18(8-13-25)24-10-1-2-11-24)6-5-20-19-16-28-14-9-21(19)26(23-20)15-17-3-4-17/h17-18H,1-16H2. The minimum Gasteiger partial charge on any atom is -0.376 e. The normalized spacial score (nSPS) is 23.9. The number of carbonyl (C=O) groups is 1. The Morgan fingerprint density at radius 1 is 1.07 bits per heavy atom. The number of hydrogen-bond acceptors (Lipinski definition) is 4. The van der Waals surface area contributed by atoms with Crippen LogP contribution in [0.25, 0.3) is 0 Å². The monoisotopic (exact) mass is 386 g/mol. The van der Waals surface area contributed by atoms with Crippen molar-refractivity contribution in [3.8, 4) is 0 Å². The summed E-state index contributed by atoms with van der Waals surface area (Å²) in [5.74, 6) is 1.13. The lowest BCUT2D eigenvalue weighted by atomic mass is 10.0. The molecule has 1 amide bonds. The third kappa shape index (κ3) is 3.99. The molecule has 0 atom stereocenters. The zero-order valence-electron chi connectivity index (χ0n) is 17.1. The van der Waals surface area contributed by atoms with Crippen LogP contribution < -0.4 is 0 Å². The summed E-state index contributed by atoms with van der Waals surface area (Å²) in [6.45, 7) is 6.90. The molecule has 6 nitrogen and oxygen atoms in total. The van der Waals surface area contributed by atoms with Crippen LogP contribution in [0.4, 0.5) is 0 Å². The first-order valence-corrected chi connectivity index (χ1v) is 11.4. The lowest BCUT2D eigenvalue weighted by Crippen LogP contribution is -2.45.